The van der Waals surface area contributed by atoms with Crippen LogP contribution in [-0.2, 0) is 0 Å². The molecule has 1 amide bonds. The molecular formula is C13H8Br3NO2. The summed E-state index contributed by atoms with van der Waals surface area (Å²) < 4.78 is 2.39. The van der Waals surface area contributed by atoms with E-state index in [-0.39, 0.29) is 17.2 Å². The number of phenols is 1. The smallest absolute Gasteiger partial charge is 0.259 e. The van der Waals surface area contributed by atoms with Crippen molar-refractivity contribution in [1.82, 2.24) is 0 Å². The fourth-order valence-corrected chi connectivity index (χ4v) is 2.98. The minimum absolute atomic E-state index is 0.0612. The highest BCUT2D eigenvalue weighted by atomic mass is 79.9. The fraction of sp³-hybridized carbons (Fsp3) is 0. The van der Waals surface area contributed by atoms with Gasteiger partial charge in [-0.05, 0) is 52.3 Å². The molecule has 0 saturated carbocycles. The maximum Gasteiger partial charge on any atom is 0.259 e. The van der Waals surface area contributed by atoms with Gasteiger partial charge >= 0.3 is 0 Å². The van der Waals surface area contributed by atoms with Crippen LogP contribution < -0.4 is 5.32 Å². The van der Waals surface area contributed by atoms with Gasteiger partial charge in [0.1, 0.15) is 5.75 Å². The van der Waals surface area contributed by atoms with Crippen LogP contribution in [0.1, 0.15) is 10.4 Å². The van der Waals surface area contributed by atoms with Gasteiger partial charge in [0.15, 0.2) is 0 Å². The second kappa shape index (κ2) is 6.07. The largest absolute Gasteiger partial charge is 0.507 e. The van der Waals surface area contributed by atoms with Gasteiger partial charge in [0.2, 0.25) is 0 Å². The summed E-state index contributed by atoms with van der Waals surface area (Å²) in [6.07, 6.45) is 0. The number of hydrogen-bond donors (Lipinski definition) is 2. The second-order valence-electron chi connectivity index (χ2n) is 3.74. The monoisotopic (exact) mass is 447 g/mol. The molecule has 0 aliphatic rings. The Hall–Kier alpha value is -0.850. The van der Waals surface area contributed by atoms with Crippen LogP contribution in [0.5, 0.6) is 5.75 Å². The standard InChI is InChI=1S/C13H8Br3NO2/c14-7-2-4-12(18)9(5-7)13(19)17-11-3-1-8(15)6-10(11)16/h1-6,18H,(H,17,19). The van der Waals surface area contributed by atoms with E-state index in [1.807, 2.05) is 12.1 Å². The molecule has 0 atom stereocenters. The lowest BCUT2D eigenvalue weighted by atomic mass is 10.2. The van der Waals surface area contributed by atoms with Crippen molar-refractivity contribution in [2.45, 2.75) is 0 Å². The number of aromatic hydroxyl groups is 1. The normalized spacial score (nSPS) is 10.3. The number of anilines is 1. The molecule has 6 heteroatoms. The molecule has 2 rings (SSSR count). The number of hydrogen-bond acceptors (Lipinski definition) is 2. The Balaban J connectivity index is 2.28. The Morgan fingerprint density at radius 2 is 1.63 bits per heavy atom. The van der Waals surface area contributed by atoms with Crippen molar-refractivity contribution in [2.75, 3.05) is 5.32 Å². The number of nitrogens with one attached hydrogen (secondary N) is 1. The predicted octanol–water partition coefficient (Wildman–Crippen LogP) is 4.93. The van der Waals surface area contributed by atoms with Gasteiger partial charge in [-0.15, -0.1) is 0 Å². The average molecular weight is 450 g/mol. The summed E-state index contributed by atoms with van der Waals surface area (Å²) in [5.74, 6) is -0.434. The van der Waals surface area contributed by atoms with Crippen LogP contribution in [0, 0.1) is 0 Å². The Kier molecular flexibility index (Phi) is 4.65. The van der Waals surface area contributed by atoms with Crippen LogP contribution in [0.4, 0.5) is 5.69 Å². The predicted molar refractivity (Wildman–Crippen MR) is 85.6 cm³/mol. The first-order valence-corrected chi connectivity index (χ1v) is 7.60. The molecule has 0 radical (unpaired) electrons. The highest BCUT2D eigenvalue weighted by Gasteiger charge is 2.13. The Bertz CT molecular complexity index is 644. The van der Waals surface area contributed by atoms with Crippen LogP contribution in [0.15, 0.2) is 49.8 Å². The number of phenolic OH excluding ortho intramolecular Hbond substituents is 1. The van der Waals surface area contributed by atoms with Gasteiger partial charge in [-0.2, -0.15) is 0 Å². The molecule has 0 heterocycles. The summed E-state index contributed by atoms with van der Waals surface area (Å²) in [4.78, 5) is 12.1. The molecule has 0 spiro atoms. The van der Waals surface area contributed by atoms with Crippen molar-refractivity contribution in [1.29, 1.82) is 0 Å². The van der Waals surface area contributed by atoms with Crippen molar-refractivity contribution in [3.63, 3.8) is 0 Å². The molecule has 0 aliphatic carbocycles. The highest BCUT2D eigenvalue weighted by Crippen LogP contribution is 2.28. The molecule has 0 fully saturated rings. The van der Waals surface area contributed by atoms with Crippen molar-refractivity contribution < 1.29 is 9.90 Å². The first kappa shape index (κ1) is 14.6. The number of amides is 1. The van der Waals surface area contributed by atoms with E-state index in [4.69, 9.17) is 0 Å². The molecule has 19 heavy (non-hydrogen) atoms. The molecule has 2 aromatic rings. The van der Waals surface area contributed by atoms with Crippen molar-refractivity contribution in [2.24, 2.45) is 0 Å². The van der Waals surface area contributed by atoms with Crippen molar-refractivity contribution in [3.8, 4) is 5.75 Å². The summed E-state index contributed by atoms with van der Waals surface area (Å²) in [6.45, 7) is 0. The number of halogens is 3. The van der Waals surface area contributed by atoms with E-state index in [1.54, 1.807) is 18.2 Å². The van der Waals surface area contributed by atoms with Gasteiger partial charge in [-0.25, -0.2) is 0 Å². The van der Waals surface area contributed by atoms with E-state index in [0.29, 0.717) is 5.69 Å². The second-order valence-corrected chi connectivity index (χ2v) is 6.43. The summed E-state index contributed by atoms with van der Waals surface area (Å²) in [7, 11) is 0. The van der Waals surface area contributed by atoms with Gasteiger partial charge in [0, 0.05) is 13.4 Å². The third-order valence-corrected chi connectivity index (χ3v) is 4.03. The molecule has 0 unspecified atom stereocenters. The third kappa shape index (κ3) is 3.58. The van der Waals surface area contributed by atoms with Gasteiger partial charge in [-0.3, -0.25) is 4.79 Å². The summed E-state index contributed by atoms with van der Waals surface area (Å²) in [5, 5.41) is 12.4. The van der Waals surface area contributed by atoms with Gasteiger partial charge in [0.05, 0.1) is 11.3 Å². The van der Waals surface area contributed by atoms with Gasteiger partial charge in [-0.1, -0.05) is 31.9 Å². The first-order valence-electron chi connectivity index (χ1n) is 5.22. The average Bonchev–Trinajstić information content (AvgIpc) is 2.35. The van der Waals surface area contributed by atoms with Crippen LogP contribution >= 0.6 is 47.8 Å². The topological polar surface area (TPSA) is 49.3 Å². The molecule has 0 bridgehead atoms. The summed E-state index contributed by atoms with van der Waals surface area (Å²) in [6, 6.07) is 10.1. The van der Waals surface area contributed by atoms with E-state index in [9.17, 15) is 9.90 Å². The van der Waals surface area contributed by atoms with E-state index in [0.717, 1.165) is 13.4 Å². The van der Waals surface area contributed by atoms with Crippen LogP contribution in [0.3, 0.4) is 0 Å². The van der Waals surface area contributed by atoms with Crippen LogP contribution in [0.25, 0.3) is 0 Å². The lowest BCUT2D eigenvalue weighted by Gasteiger charge is -2.09. The third-order valence-electron chi connectivity index (χ3n) is 2.38. The lowest BCUT2D eigenvalue weighted by molar-refractivity contribution is 0.102. The van der Waals surface area contributed by atoms with Gasteiger partial charge in [0.25, 0.3) is 5.91 Å². The maximum absolute atomic E-state index is 12.1. The molecule has 0 saturated heterocycles. The zero-order chi connectivity index (χ0) is 14.0. The highest BCUT2D eigenvalue weighted by molar-refractivity contribution is 9.11. The summed E-state index contributed by atoms with van der Waals surface area (Å²) >= 11 is 9.97. The molecule has 0 aromatic heterocycles. The minimum atomic E-state index is -0.373. The fourth-order valence-electron chi connectivity index (χ4n) is 1.47. The maximum atomic E-state index is 12.1. The SMILES string of the molecule is O=C(Nc1ccc(Br)cc1Br)c1cc(Br)ccc1O. The molecule has 3 nitrogen and oxygen atoms in total. The van der Waals surface area contributed by atoms with E-state index in [1.165, 1.54) is 6.07 Å². The number of carbonyl (C=O) groups is 1. The van der Waals surface area contributed by atoms with Crippen LogP contribution in [0.2, 0.25) is 0 Å². The van der Waals surface area contributed by atoms with Crippen molar-refractivity contribution in [3.05, 3.63) is 55.4 Å². The van der Waals surface area contributed by atoms with Gasteiger partial charge < -0.3 is 10.4 Å². The zero-order valence-corrected chi connectivity index (χ0v) is 14.2. The molecule has 2 aromatic carbocycles. The van der Waals surface area contributed by atoms with E-state index < -0.39 is 0 Å². The zero-order valence-electron chi connectivity index (χ0n) is 9.45. The summed E-state index contributed by atoms with van der Waals surface area (Å²) in [5.41, 5.74) is 0.844. The quantitative estimate of drug-likeness (QED) is 0.682. The molecule has 98 valence electrons. The number of rotatable bonds is 2. The Morgan fingerprint density at radius 3 is 2.32 bits per heavy atom. The molecular weight excluding hydrogens is 442 g/mol. The Labute approximate surface area is 135 Å². The van der Waals surface area contributed by atoms with Crippen molar-refractivity contribution >= 4 is 59.4 Å². The van der Waals surface area contributed by atoms with Crippen LogP contribution in [-0.4, -0.2) is 11.0 Å². The van der Waals surface area contributed by atoms with E-state index in [2.05, 4.69) is 53.1 Å². The molecule has 2 N–H and O–H groups in total. The van der Waals surface area contributed by atoms with E-state index >= 15 is 0 Å². The first-order chi connectivity index (χ1) is 8.97. The lowest BCUT2D eigenvalue weighted by Crippen LogP contribution is -2.12. The number of benzene rings is 2. The molecule has 0 aliphatic heterocycles. The number of carbonyl (C=O) groups excluding carboxylic acids is 1. The minimum Gasteiger partial charge on any atom is -0.507 e. The Morgan fingerprint density at radius 1 is 1.00 bits per heavy atom.